The van der Waals surface area contributed by atoms with Crippen molar-refractivity contribution in [1.29, 1.82) is 0 Å². The van der Waals surface area contributed by atoms with Gasteiger partial charge in [0.1, 0.15) is 0 Å². The van der Waals surface area contributed by atoms with Crippen molar-refractivity contribution in [3.63, 3.8) is 0 Å². The molecule has 3 nitrogen and oxygen atoms in total. The number of benzene rings is 2. The van der Waals surface area contributed by atoms with Gasteiger partial charge in [0, 0.05) is 32.8 Å². The first-order valence-corrected chi connectivity index (χ1v) is 12.5. The molecule has 4 rings (SSSR count). The third-order valence-corrected chi connectivity index (χ3v) is 6.16. The predicted octanol–water partition coefficient (Wildman–Crippen LogP) is 8.26. The molecule has 3 N–H and O–H groups in total. The summed E-state index contributed by atoms with van der Waals surface area (Å²) < 4.78 is 39.6. The van der Waals surface area contributed by atoms with Crippen LogP contribution < -0.4 is 5.14 Å². The minimum Gasteiger partial charge on any atom is -0.379 e. The van der Waals surface area contributed by atoms with E-state index in [1.54, 1.807) is 11.3 Å². The lowest BCUT2D eigenvalue weighted by molar-refractivity contribution is -0.206. The number of thiophene rings is 1. The van der Waals surface area contributed by atoms with Gasteiger partial charge in [-0.3, -0.25) is 10.1 Å². The molecule has 0 bridgehead atoms. The van der Waals surface area contributed by atoms with Crippen LogP contribution in [-0.4, -0.2) is 16.3 Å². The lowest BCUT2D eigenvalue weighted by Gasteiger charge is -2.15. The monoisotopic (exact) mass is 540 g/mol. The Kier molecular flexibility index (Phi) is 11.0. The summed E-state index contributed by atoms with van der Waals surface area (Å²) in [6, 6.07) is 17.8. The number of halogens is 4. The molecule has 2 aromatic heterocycles. The third-order valence-electron chi connectivity index (χ3n) is 4.60. The second kappa shape index (κ2) is 13.3. The summed E-state index contributed by atoms with van der Waals surface area (Å²) in [4.78, 5) is 5.33. The number of aliphatic hydroxyl groups is 1. The number of pyridine rings is 1. The maximum absolute atomic E-state index is 12.9. The number of thiol groups is 1. The van der Waals surface area contributed by atoms with Crippen molar-refractivity contribution in [2.24, 2.45) is 11.1 Å². The van der Waals surface area contributed by atoms with E-state index in [1.807, 2.05) is 42.5 Å². The van der Waals surface area contributed by atoms with E-state index in [4.69, 9.17) is 11.6 Å². The van der Waals surface area contributed by atoms with Crippen LogP contribution in [0.5, 0.6) is 0 Å². The maximum atomic E-state index is 12.9. The fourth-order valence-electron chi connectivity index (χ4n) is 3.19. The summed E-state index contributed by atoms with van der Waals surface area (Å²) in [5.41, 5.74) is 1.90. The molecule has 0 saturated heterocycles. The molecule has 9 heteroatoms. The van der Waals surface area contributed by atoms with Crippen LogP contribution in [-0.2, 0) is 6.42 Å². The molecule has 0 aliphatic heterocycles. The van der Waals surface area contributed by atoms with Gasteiger partial charge in [0.15, 0.2) is 6.10 Å². The van der Waals surface area contributed by atoms with Gasteiger partial charge in [0.2, 0.25) is 0 Å². The largest absolute Gasteiger partial charge is 0.418 e. The smallest absolute Gasteiger partial charge is 0.379 e. The number of rotatable bonds is 4. The van der Waals surface area contributed by atoms with Crippen LogP contribution in [0.15, 0.2) is 66.9 Å². The Morgan fingerprint density at radius 1 is 1.03 bits per heavy atom. The second-order valence-corrected chi connectivity index (χ2v) is 9.90. The summed E-state index contributed by atoms with van der Waals surface area (Å²) in [6.07, 6.45) is -5.31. The molecule has 0 aliphatic rings. The van der Waals surface area contributed by atoms with Crippen molar-refractivity contribution in [2.75, 3.05) is 0 Å². The molecule has 0 amide bonds. The van der Waals surface area contributed by atoms with Gasteiger partial charge in [-0.1, -0.05) is 68.8 Å². The zero-order valence-corrected chi connectivity index (χ0v) is 22.0. The Labute approximate surface area is 218 Å². The van der Waals surface area contributed by atoms with Gasteiger partial charge in [-0.15, -0.1) is 24.2 Å². The van der Waals surface area contributed by atoms with E-state index in [2.05, 4.69) is 49.8 Å². The Bertz CT molecular complexity index is 1230. The topological polar surface area (TPSA) is 59.1 Å². The van der Waals surface area contributed by atoms with Crippen LogP contribution in [0.2, 0.25) is 5.02 Å². The van der Waals surface area contributed by atoms with E-state index in [-0.39, 0.29) is 5.56 Å². The maximum Gasteiger partial charge on any atom is 0.418 e. The number of nitrogens with zero attached hydrogens (tertiary/aromatic N) is 1. The number of nitrogens with two attached hydrogens (primary N) is 1. The van der Waals surface area contributed by atoms with Gasteiger partial charge >= 0.3 is 6.18 Å². The molecule has 188 valence electrons. The Balaban J connectivity index is 0.000000655. The summed E-state index contributed by atoms with van der Waals surface area (Å²) in [7, 11) is 0. The van der Waals surface area contributed by atoms with E-state index < -0.39 is 12.3 Å². The first-order valence-electron chi connectivity index (χ1n) is 10.8. The van der Waals surface area contributed by atoms with E-state index >= 15 is 0 Å². The Hall–Kier alpha value is -2.10. The molecule has 0 aliphatic carbocycles. The highest BCUT2D eigenvalue weighted by atomic mass is 35.5. The van der Waals surface area contributed by atoms with Gasteiger partial charge in [-0.05, 0) is 46.7 Å². The molecular formula is C26H28ClF3N2OS2. The summed E-state index contributed by atoms with van der Waals surface area (Å²) in [5, 5.41) is 15.4. The molecule has 0 saturated carbocycles. The lowest BCUT2D eigenvalue weighted by atomic mass is 10.0. The minimum atomic E-state index is -4.73. The molecule has 35 heavy (non-hydrogen) atoms. The zero-order valence-electron chi connectivity index (χ0n) is 19.6. The van der Waals surface area contributed by atoms with Gasteiger partial charge in [0.05, 0.1) is 5.69 Å². The van der Waals surface area contributed by atoms with Crippen LogP contribution in [0.25, 0.3) is 21.3 Å². The van der Waals surface area contributed by atoms with Gasteiger partial charge < -0.3 is 5.11 Å². The number of alkyl halides is 3. The highest BCUT2D eigenvalue weighted by molar-refractivity contribution is 7.77. The van der Waals surface area contributed by atoms with E-state index in [0.29, 0.717) is 17.1 Å². The van der Waals surface area contributed by atoms with E-state index in [0.717, 1.165) is 32.0 Å². The van der Waals surface area contributed by atoms with Crippen LogP contribution in [0.1, 0.15) is 42.9 Å². The van der Waals surface area contributed by atoms with E-state index in [9.17, 15) is 18.3 Å². The Morgan fingerprint density at radius 2 is 1.69 bits per heavy atom. The summed E-state index contributed by atoms with van der Waals surface area (Å²) in [5.74, 6) is 0.833. The normalized spacial score (nSPS) is 12.0. The van der Waals surface area contributed by atoms with Crippen LogP contribution in [0.4, 0.5) is 13.2 Å². The average Bonchev–Trinajstić information content (AvgIpc) is 3.23. The minimum absolute atomic E-state index is 0.229. The Morgan fingerprint density at radius 3 is 2.31 bits per heavy atom. The van der Waals surface area contributed by atoms with Gasteiger partial charge in [0.25, 0.3) is 0 Å². The first kappa shape index (κ1) is 29.1. The van der Waals surface area contributed by atoms with Gasteiger partial charge in [-0.25, -0.2) is 0 Å². The predicted molar refractivity (Wildman–Crippen MR) is 144 cm³/mol. The number of aromatic nitrogens is 1. The van der Waals surface area contributed by atoms with Crippen molar-refractivity contribution >= 4 is 45.8 Å². The van der Waals surface area contributed by atoms with Gasteiger partial charge in [-0.2, -0.15) is 13.2 Å². The molecule has 0 unspecified atom stereocenters. The molecule has 0 spiro atoms. The van der Waals surface area contributed by atoms with Crippen molar-refractivity contribution in [1.82, 2.24) is 4.98 Å². The van der Waals surface area contributed by atoms with E-state index in [1.165, 1.54) is 18.3 Å². The van der Waals surface area contributed by atoms with Crippen molar-refractivity contribution in [2.45, 2.75) is 39.5 Å². The number of hydrogen-bond acceptors (Lipinski definition) is 5. The fraction of sp³-hybridized carbons (Fsp3) is 0.269. The van der Waals surface area contributed by atoms with Crippen molar-refractivity contribution in [3.8, 4) is 11.3 Å². The molecular weight excluding hydrogens is 513 g/mol. The fourth-order valence-corrected chi connectivity index (χ4v) is 4.59. The zero-order chi connectivity index (χ0) is 26.2. The number of fused-ring (bicyclic) bond motifs is 1. The summed E-state index contributed by atoms with van der Waals surface area (Å²) >= 11 is 10.8. The first-order chi connectivity index (χ1) is 16.6. The van der Waals surface area contributed by atoms with Crippen molar-refractivity contribution < 1.29 is 18.3 Å². The molecule has 0 radical (unpaired) electrons. The quantitative estimate of drug-likeness (QED) is 0.228. The lowest BCUT2D eigenvalue weighted by Crippen LogP contribution is -2.20. The van der Waals surface area contributed by atoms with Crippen molar-refractivity contribution in [3.05, 3.63) is 87.9 Å². The standard InChI is InChI=1S/C22H15ClF3NOS.C4H10.H3NS/c23-18-7-2-1-4-13(18)10-16-11-14-5-3-6-17(20(14)29-16)19-12-15(8-9-27-19)21(28)22(24,25)26;1-4(2)3;1-2/h1-9,11-12,21,28H,10H2;4H,1-3H3;2H,1H2/t21-;;/m1../s1. The van der Waals surface area contributed by atoms with Crippen LogP contribution >= 0.6 is 35.8 Å². The SMILES string of the molecule is CC(C)C.NS.O[C@H](c1ccnc(-c2cccc3cc(Cc4ccccc4Cl)sc23)c1)C(F)(F)F. The molecule has 2 aromatic carbocycles. The third kappa shape index (κ3) is 8.22. The number of hydrogen-bond donors (Lipinski definition) is 3. The second-order valence-electron chi connectivity index (χ2n) is 8.36. The molecule has 1 atom stereocenters. The average molecular weight is 541 g/mol. The summed E-state index contributed by atoms with van der Waals surface area (Å²) in [6.45, 7) is 6.50. The molecule has 2 heterocycles. The van der Waals surface area contributed by atoms with Crippen LogP contribution in [0.3, 0.4) is 0 Å². The highest BCUT2D eigenvalue weighted by Gasteiger charge is 2.39. The number of aliphatic hydroxyl groups excluding tert-OH is 1. The molecule has 4 aromatic rings. The van der Waals surface area contributed by atoms with Crippen LogP contribution in [0, 0.1) is 5.92 Å². The molecule has 0 fully saturated rings. The highest BCUT2D eigenvalue weighted by Crippen LogP contribution is 2.38.